The topological polar surface area (TPSA) is 64.8 Å². The van der Waals surface area contributed by atoms with Crippen molar-refractivity contribution in [3.63, 3.8) is 0 Å². The maximum absolute atomic E-state index is 12.4. The van der Waals surface area contributed by atoms with Crippen molar-refractivity contribution in [1.82, 2.24) is 4.90 Å². The SMILES string of the molecule is NCCCOC1CCN(C(=O)c2cccc(OC(F)F)c2)CC1. The van der Waals surface area contributed by atoms with Crippen LogP contribution in [0, 0.1) is 0 Å². The van der Waals surface area contributed by atoms with Gasteiger partial charge in [-0.2, -0.15) is 8.78 Å². The fourth-order valence-corrected chi connectivity index (χ4v) is 2.55. The Balaban J connectivity index is 1.87. The molecule has 0 radical (unpaired) electrons. The van der Waals surface area contributed by atoms with Crippen molar-refractivity contribution >= 4 is 5.91 Å². The van der Waals surface area contributed by atoms with E-state index >= 15 is 0 Å². The Labute approximate surface area is 134 Å². The van der Waals surface area contributed by atoms with Gasteiger partial charge >= 0.3 is 6.61 Å². The maximum atomic E-state index is 12.4. The van der Waals surface area contributed by atoms with Gasteiger partial charge in [0.15, 0.2) is 0 Å². The highest BCUT2D eigenvalue weighted by Gasteiger charge is 2.24. The number of halogens is 2. The zero-order chi connectivity index (χ0) is 16.7. The van der Waals surface area contributed by atoms with Gasteiger partial charge in [0.2, 0.25) is 0 Å². The Kier molecular flexibility index (Phi) is 6.73. The molecule has 1 heterocycles. The highest BCUT2D eigenvalue weighted by molar-refractivity contribution is 5.94. The summed E-state index contributed by atoms with van der Waals surface area (Å²) in [7, 11) is 0. The number of likely N-dealkylation sites (tertiary alicyclic amines) is 1. The van der Waals surface area contributed by atoms with Crippen molar-refractivity contribution in [3.05, 3.63) is 29.8 Å². The Morgan fingerprint density at radius 1 is 1.35 bits per heavy atom. The van der Waals surface area contributed by atoms with E-state index in [-0.39, 0.29) is 17.8 Å². The van der Waals surface area contributed by atoms with Crippen molar-refractivity contribution < 1.29 is 23.0 Å². The van der Waals surface area contributed by atoms with E-state index in [0.717, 1.165) is 19.3 Å². The van der Waals surface area contributed by atoms with E-state index in [1.807, 2.05) is 0 Å². The van der Waals surface area contributed by atoms with Gasteiger partial charge < -0.3 is 20.1 Å². The molecule has 1 saturated heterocycles. The van der Waals surface area contributed by atoms with Crippen molar-refractivity contribution in [2.45, 2.75) is 32.0 Å². The lowest BCUT2D eigenvalue weighted by Gasteiger charge is -2.32. The lowest BCUT2D eigenvalue weighted by Crippen LogP contribution is -2.41. The first-order valence-corrected chi connectivity index (χ1v) is 7.76. The van der Waals surface area contributed by atoms with E-state index in [1.54, 1.807) is 11.0 Å². The van der Waals surface area contributed by atoms with Crippen LogP contribution in [-0.4, -0.2) is 49.8 Å². The lowest BCUT2D eigenvalue weighted by atomic mass is 10.1. The third-order valence-corrected chi connectivity index (χ3v) is 3.74. The van der Waals surface area contributed by atoms with Crippen LogP contribution in [0.2, 0.25) is 0 Å². The van der Waals surface area contributed by atoms with Crippen molar-refractivity contribution in [1.29, 1.82) is 0 Å². The number of ether oxygens (including phenoxy) is 2. The average molecular weight is 328 g/mol. The van der Waals surface area contributed by atoms with Crippen LogP contribution in [0.1, 0.15) is 29.6 Å². The summed E-state index contributed by atoms with van der Waals surface area (Å²) in [5, 5.41) is 0. The van der Waals surface area contributed by atoms with Crippen molar-refractivity contribution in [2.75, 3.05) is 26.2 Å². The third-order valence-electron chi connectivity index (χ3n) is 3.74. The predicted molar refractivity (Wildman–Crippen MR) is 81.6 cm³/mol. The minimum atomic E-state index is -2.90. The molecule has 0 bridgehead atoms. The molecule has 0 unspecified atom stereocenters. The molecule has 2 N–H and O–H groups in total. The molecule has 23 heavy (non-hydrogen) atoms. The first-order chi connectivity index (χ1) is 11.1. The molecule has 0 aliphatic carbocycles. The van der Waals surface area contributed by atoms with Crippen LogP contribution in [0.25, 0.3) is 0 Å². The second kappa shape index (κ2) is 8.79. The normalized spacial score (nSPS) is 15.9. The summed E-state index contributed by atoms with van der Waals surface area (Å²) in [6.07, 6.45) is 2.52. The molecule has 0 atom stereocenters. The number of rotatable bonds is 7. The van der Waals surface area contributed by atoms with Gasteiger partial charge in [0.25, 0.3) is 5.91 Å². The summed E-state index contributed by atoms with van der Waals surface area (Å²) < 4.78 is 34.5. The summed E-state index contributed by atoms with van der Waals surface area (Å²) in [6, 6.07) is 5.89. The average Bonchev–Trinajstić information content (AvgIpc) is 2.55. The molecular formula is C16H22F2N2O3. The molecule has 0 spiro atoms. The molecule has 1 amide bonds. The van der Waals surface area contributed by atoms with Crippen LogP contribution in [0.15, 0.2) is 24.3 Å². The van der Waals surface area contributed by atoms with Gasteiger partial charge in [-0.15, -0.1) is 0 Å². The highest BCUT2D eigenvalue weighted by atomic mass is 19.3. The maximum Gasteiger partial charge on any atom is 0.387 e. The molecule has 5 nitrogen and oxygen atoms in total. The number of carbonyl (C=O) groups is 1. The molecule has 128 valence electrons. The summed E-state index contributed by atoms with van der Waals surface area (Å²) in [5.74, 6) is -0.184. The first-order valence-electron chi connectivity index (χ1n) is 7.76. The van der Waals surface area contributed by atoms with Gasteiger partial charge in [-0.1, -0.05) is 6.07 Å². The van der Waals surface area contributed by atoms with E-state index in [2.05, 4.69) is 4.74 Å². The molecule has 1 fully saturated rings. The summed E-state index contributed by atoms with van der Waals surface area (Å²) >= 11 is 0. The quantitative estimate of drug-likeness (QED) is 0.780. The molecule has 1 aromatic carbocycles. The van der Waals surface area contributed by atoms with Crippen LogP contribution in [0.4, 0.5) is 8.78 Å². The molecule has 1 aromatic rings. The zero-order valence-electron chi connectivity index (χ0n) is 12.9. The number of nitrogens with two attached hydrogens (primary N) is 1. The molecule has 2 rings (SSSR count). The largest absolute Gasteiger partial charge is 0.435 e. The van der Waals surface area contributed by atoms with Gasteiger partial charge in [-0.25, -0.2) is 0 Å². The minimum absolute atomic E-state index is 0.00847. The lowest BCUT2D eigenvalue weighted by molar-refractivity contribution is -0.0499. The Morgan fingerprint density at radius 3 is 2.74 bits per heavy atom. The van der Waals surface area contributed by atoms with E-state index in [1.165, 1.54) is 18.2 Å². The number of amides is 1. The van der Waals surface area contributed by atoms with Crippen LogP contribution in [0.3, 0.4) is 0 Å². The Bertz CT molecular complexity index is 506. The molecule has 7 heteroatoms. The Hall–Kier alpha value is -1.73. The number of piperidine rings is 1. The molecule has 0 saturated carbocycles. The molecule has 1 aliphatic heterocycles. The number of hydrogen-bond acceptors (Lipinski definition) is 4. The Morgan fingerprint density at radius 2 is 2.09 bits per heavy atom. The third kappa shape index (κ3) is 5.44. The number of alkyl halides is 2. The number of benzene rings is 1. The minimum Gasteiger partial charge on any atom is -0.435 e. The number of hydrogen-bond donors (Lipinski definition) is 1. The number of carbonyl (C=O) groups excluding carboxylic acids is 1. The summed E-state index contributed by atoms with van der Waals surface area (Å²) in [5.41, 5.74) is 5.78. The van der Waals surface area contributed by atoms with E-state index in [4.69, 9.17) is 10.5 Å². The fraction of sp³-hybridized carbons (Fsp3) is 0.562. The van der Waals surface area contributed by atoms with Gasteiger partial charge in [-0.05, 0) is 44.0 Å². The summed E-state index contributed by atoms with van der Waals surface area (Å²) in [6.45, 7) is -0.476. The van der Waals surface area contributed by atoms with E-state index in [9.17, 15) is 13.6 Å². The molecule has 0 aromatic heterocycles. The van der Waals surface area contributed by atoms with Gasteiger partial charge in [0.05, 0.1) is 6.10 Å². The molecular weight excluding hydrogens is 306 g/mol. The van der Waals surface area contributed by atoms with Gasteiger partial charge in [0.1, 0.15) is 5.75 Å². The smallest absolute Gasteiger partial charge is 0.387 e. The van der Waals surface area contributed by atoms with E-state index in [0.29, 0.717) is 31.8 Å². The zero-order valence-corrected chi connectivity index (χ0v) is 12.9. The second-order valence-electron chi connectivity index (χ2n) is 5.41. The van der Waals surface area contributed by atoms with Crippen molar-refractivity contribution in [2.24, 2.45) is 5.73 Å². The van der Waals surface area contributed by atoms with Crippen LogP contribution < -0.4 is 10.5 Å². The van der Waals surface area contributed by atoms with Crippen molar-refractivity contribution in [3.8, 4) is 5.75 Å². The van der Waals surface area contributed by atoms with Crippen LogP contribution >= 0.6 is 0 Å². The summed E-state index contributed by atoms with van der Waals surface area (Å²) in [4.78, 5) is 14.1. The second-order valence-corrected chi connectivity index (χ2v) is 5.41. The fourth-order valence-electron chi connectivity index (χ4n) is 2.55. The van der Waals surface area contributed by atoms with E-state index < -0.39 is 6.61 Å². The monoisotopic (exact) mass is 328 g/mol. The number of nitrogens with zero attached hydrogens (tertiary/aromatic N) is 1. The van der Waals surface area contributed by atoms with Crippen LogP contribution in [-0.2, 0) is 4.74 Å². The van der Waals surface area contributed by atoms with Gasteiger partial charge in [-0.3, -0.25) is 4.79 Å². The predicted octanol–water partition coefficient (Wildman–Crippen LogP) is 2.26. The molecule has 1 aliphatic rings. The van der Waals surface area contributed by atoms with Crippen LogP contribution in [0.5, 0.6) is 5.75 Å². The highest BCUT2D eigenvalue weighted by Crippen LogP contribution is 2.20. The standard InChI is InChI=1S/C16H22F2N2O3/c17-16(18)23-14-4-1-3-12(11-14)15(21)20-8-5-13(6-9-20)22-10-2-7-19/h1,3-4,11,13,16H,2,5-10,19H2. The first kappa shape index (κ1) is 17.6. The van der Waals surface area contributed by atoms with Gasteiger partial charge in [0, 0.05) is 25.3 Å².